The zero-order valence-corrected chi connectivity index (χ0v) is 15.5. The largest absolute Gasteiger partial charge is 0.356 e. The van der Waals surface area contributed by atoms with E-state index in [2.05, 4.69) is 52.4 Å². The van der Waals surface area contributed by atoms with Crippen LogP contribution >= 0.6 is 0 Å². The maximum Gasteiger partial charge on any atom is 0.227 e. The van der Waals surface area contributed by atoms with Gasteiger partial charge in [0, 0.05) is 38.6 Å². The number of carbonyl (C=O) groups excluding carboxylic acids is 1. The maximum absolute atomic E-state index is 10.5. The first-order chi connectivity index (χ1) is 12.2. The van der Waals surface area contributed by atoms with Crippen molar-refractivity contribution in [3.8, 4) is 0 Å². The van der Waals surface area contributed by atoms with Gasteiger partial charge in [0.2, 0.25) is 6.41 Å². The molecule has 1 atom stereocenters. The summed E-state index contributed by atoms with van der Waals surface area (Å²) in [5.74, 6) is 0.999. The van der Waals surface area contributed by atoms with Crippen molar-refractivity contribution in [3.63, 3.8) is 0 Å². The highest BCUT2D eigenvalue weighted by molar-refractivity contribution is 5.82. The number of carbonyl (C=O) groups is 1. The van der Waals surface area contributed by atoms with Crippen molar-refractivity contribution in [1.82, 2.24) is 15.2 Å². The third-order valence-electron chi connectivity index (χ3n) is 5.55. The second-order valence-electron chi connectivity index (χ2n) is 7.11. The van der Waals surface area contributed by atoms with Gasteiger partial charge in [-0.2, -0.15) is 5.10 Å². The Balaban J connectivity index is 1.60. The molecule has 1 aliphatic carbocycles. The van der Waals surface area contributed by atoms with Crippen molar-refractivity contribution < 1.29 is 4.79 Å². The molecule has 0 bridgehead atoms. The third kappa shape index (κ3) is 4.21. The topological polar surface area (TPSA) is 47.9 Å². The molecule has 1 saturated heterocycles. The van der Waals surface area contributed by atoms with Gasteiger partial charge in [-0.3, -0.25) is 9.69 Å². The Morgan fingerprint density at radius 3 is 2.72 bits per heavy atom. The molecule has 1 N–H and O–H groups in total. The second kappa shape index (κ2) is 8.48. The van der Waals surface area contributed by atoms with Gasteiger partial charge >= 0.3 is 0 Å². The van der Waals surface area contributed by atoms with Crippen molar-refractivity contribution in [3.05, 3.63) is 34.9 Å². The fraction of sp³-hybridized carbons (Fsp3) is 0.600. The molecular formula is C20H30N4O. The smallest absolute Gasteiger partial charge is 0.227 e. The van der Waals surface area contributed by atoms with E-state index in [1.807, 2.05) is 0 Å². The van der Waals surface area contributed by atoms with E-state index >= 15 is 0 Å². The van der Waals surface area contributed by atoms with Gasteiger partial charge in [-0.1, -0.05) is 25.1 Å². The van der Waals surface area contributed by atoms with Crippen LogP contribution in [0.5, 0.6) is 0 Å². The van der Waals surface area contributed by atoms with Crippen LogP contribution in [0.2, 0.25) is 0 Å². The molecular weight excluding hydrogens is 312 g/mol. The molecule has 0 spiro atoms. The zero-order chi connectivity index (χ0) is 17.6. The van der Waals surface area contributed by atoms with Crippen LogP contribution in [0.25, 0.3) is 0 Å². The fourth-order valence-corrected chi connectivity index (χ4v) is 4.04. The molecule has 3 rings (SSSR count). The van der Waals surface area contributed by atoms with Gasteiger partial charge in [0.05, 0.1) is 0 Å². The Morgan fingerprint density at radius 2 is 2.00 bits per heavy atom. The van der Waals surface area contributed by atoms with Crippen LogP contribution in [-0.4, -0.2) is 48.2 Å². The highest BCUT2D eigenvalue weighted by Crippen LogP contribution is 2.28. The Hall–Kier alpha value is -1.88. The average Bonchev–Trinajstić information content (AvgIpc) is 3.12. The van der Waals surface area contributed by atoms with Crippen molar-refractivity contribution in [2.45, 2.75) is 52.0 Å². The zero-order valence-electron chi connectivity index (χ0n) is 15.5. The number of piperazine rings is 1. The lowest BCUT2D eigenvalue weighted by molar-refractivity contribution is -0.109. The first-order valence-electron chi connectivity index (χ1n) is 9.59. The average molecular weight is 342 g/mol. The predicted molar refractivity (Wildman–Crippen MR) is 102 cm³/mol. The van der Waals surface area contributed by atoms with Gasteiger partial charge in [-0.05, 0) is 49.3 Å². The van der Waals surface area contributed by atoms with E-state index in [1.165, 1.54) is 24.8 Å². The van der Waals surface area contributed by atoms with E-state index < -0.39 is 0 Å². The van der Waals surface area contributed by atoms with Gasteiger partial charge in [0.25, 0.3) is 0 Å². The van der Waals surface area contributed by atoms with Crippen LogP contribution in [0.15, 0.2) is 23.3 Å². The Labute approximate surface area is 151 Å². The number of amidine groups is 1. The number of nitrogens with one attached hydrogen (secondary N) is 1. The highest BCUT2D eigenvalue weighted by Gasteiger charge is 2.24. The molecule has 2 aliphatic rings. The third-order valence-corrected chi connectivity index (χ3v) is 5.55. The summed E-state index contributed by atoms with van der Waals surface area (Å²) in [6, 6.07) is 7.53. The molecule has 1 aliphatic heterocycles. The Morgan fingerprint density at radius 1 is 1.24 bits per heavy atom. The van der Waals surface area contributed by atoms with Gasteiger partial charge in [0.1, 0.15) is 5.84 Å². The summed E-state index contributed by atoms with van der Waals surface area (Å²) in [6.45, 7) is 8.46. The number of hydrogen-bond acceptors (Lipinski definition) is 3. The van der Waals surface area contributed by atoms with Crippen molar-refractivity contribution in [2.24, 2.45) is 5.10 Å². The van der Waals surface area contributed by atoms with Gasteiger partial charge in [-0.25, -0.2) is 5.43 Å². The molecule has 5 nitrogen and oxygen atoms in total. The number of rotatable bonds is 6. The van der Waals surface area contributed by atoms with Crippen molar-refractivity contribution in [1.29, 1.82) is 0 Å². The first-order valence-corrected chi connectivity index (χ1v) is 9.59. The molecule has 0 radical (unpaired) electrons. The van der Waals surface area contributed by atoms with E-state index in [9.17, 15) is 4.79 Å². The summed E-state index contributed by atoms with van der Waals surface area (Å²) in [4.78, 5) is 15.4. The molecule has 1 unspecified atom stereocenters. The number of amides is 1. The quantitative estimate of drug-likeness (QED) is 0.374. The summed E-state index contributed by atoms with van der Waals surface area (Å²) in [5.41, 5.74) is 7.01. The standard InChI is InChI=1S/C20H30N4O/c1-3-5-20(22-21-15-25)24-12-10-23(11-13-24)16(2)18-9-8-17-6-4-7-19(17)14-18/h8-9,14-16H,3-7,10-13H2,1-2H3,(H,21,25)/b22-20+. The van der Waals surface area contributed by atoms with E-state index in [4.69, 9.17) is 0 Å². The summed E-state index contributed by atoms with van der Waals surface area (Å²) >= 11 is 0. The number of hydrogen-bond donors (Lipinski definition) is 1. The number of benzene rings is 1. The molecule has 1 aromatic carbocycles. The minimum absolute atomic E-state index is 0.452. The Kier molecular flexibility index (Phi) is 6.08. The van der Waals surface area contributed by atoms with Gasteiger partial charge in [-0.15, -0.1) is 0 Å². The summed E-state index contributed by atoms with van der Waals surface area (Å²) in [7, 11) is 0. The molecule has 0 saturated carbocycles. The van der Waals surface area contributed by atoms with Crippen LogP contribution in [0, 0.1) is 0 Å². The molecule has 136 valence electrons. The molecule has 1 aromatic rings. The van der Waals surface area contributed by atoms with Crippen molar-refractivity contribution in [2.75, 3.05) is 26.2 Å². The lowest BCUT2D eigenvalue weighted by Crippen LogP contribution is -2.49. The van der Waals surface area contributed by atoms with E-state index in [1.54, 1.807) is 11.1 Å². The Bertz CT molecular complexity index is 620. The second-order valence-corrected chi connectivity index (χ2v) is 7.11. The lowest BCUT2D eigenvalue weighted by Gasteiger charge is -2.39. The number of fused-ring (bicyclic) bond motifs is 1. The van der Waals surface area contributed by atoms with E-state index in [0.717, 1.165) is 44.9 Å². The van der Waals surface area contributed by atoms with Crippen LogP contribution in [-0.2, 0) is 17.6 Å². The van der Waals surface area contributed by atoms with Crippen LogP contribution in [0.4, 0.5) is 0 Å². The minimum atomic E-state index is 0.452. The fourth-order valence-electron chi connectivity index (χ4n) is 4.04. The van der Waals surface area contributed by atoms with Crippen molar-refractivity contribution >= 4 is 12.2 Å². The molecule has 1 amide bonds. The van der Waals surface area contributed by atoms with Gasteiger partial charge in [0.15, 0.2) is 0 Å². The number of nitrogens with zero attached hydrogens (tertiary/aromatic N) is 3. The highest BCUT2D eigenvalue weighted by atomic mass is 16.1. The molecule has 1 heterocycles. The summed E-state index contributed by atoms with van der Waals surface area (Å²) in [6.07, 6.45) is 6.37. The van der Waals surface area contributed by atoms with E-state index in [-0.39, 0.29) is 0 Å². The minimum Gasteiger partial charge on any atom is -0.356 e. The molecule has 5 heteroatoms. The predicted octanol–water partition coefficient (Wildman–Crippen LogP) is 2.71. The molecule has 1 fully saturated rings. The number of aryl methyl sites for hydroxylation is 2. The maximum atomic E-state index is 10.5. The SMILES string of the molecule is CCC/C(=N\NC=O)N1CCN(C(C)c2ccc3c(c2)CCC3)CC1. The first kappa shape index (κ1) is 17.9. The molecule has 0 aromatic heterocycles. The van der Waals surface area contributed by atoms with E-state index in [0.29, 0.717) is 12.5 Å². The van der Waals surface area contributed by atoms with Gasteiger partial charge < -0.3 is 4.90 Å². The molecule has 25 heavy (non-hydrogen) atoms. The van der Waals surface area contributed by atoms with Crippen LogP contribution < -0.4 is 5.43 Å². The monoisotopic (exact) mass is 342 g/mol. The van der Waals surface area contributed by atoms with Crippen LogP contribution in [0.1, 0.15) is 55.8 Å². The van der Waals surface area contributed by atoms with Crippen LogP contribution in [0.3, 0.4) is 0 Å². The lowest BCUT2D eigenvalue weighted by atomic mass is 10.0. The normalized spacial score (nSPS) is 19.6. The summed E-state index contributed by atoms with van der Waals surface area (Å²) in [5, 5.41) is 4.23. The summed E-state index contributed by atoms with van der Waals surface area (Å²) < 4.78 is 0. The number of hydrazone groups is 1.